The third-order valence-corrected chi connectivity index (χ3v) is 6.56. The molecule has 11 heteroatoms. The summed E-state index contributed by atoms with van der Waals surface area (Å²) in [6, 6.07) is 6.11. The number of ether oxygens (including phenoxy) is 2. The van der Waals surface area contributed by atoms with Crippen LogP contribution in [-0.2, 0) is 24.9 Å². The zero-order chi connectivity index (χ0) is 27.0. The summed E-state index contributed by atoms with van der Waals surface area (Å²) in [5.74, 6) is 0.692. The second-order valence-electron chi connectivity index (χ2n) is 9.90. The average Bonchev–Trinajstić information content (AvgIpc) is 3.52. The Bertz CT molecular complexity index is 1500. The van der Waals surface area contributed by atoms with Crippen molar-refractivity contribution in [2.24, 2.45) is 12.8 Å². The molecule has 0 spiro atoms. The first-order chi connectivity index (χ1) is 18.2. The Labute approximate surface area is 221 Å². The Balaban J connectivity index is 1.71. The van der Waals surface area contributed by atoms with E-state index in [0.29, 0.717) is 24.8 Å². The molecular weight excluding hydrogens is 484 g/mol. The van der Waals surface area contributed by atoms with Gasteiger partial charge in [-0.05, 0) is 57.2 Å². The van der Waals surface area contributed by atoms with E-state index in [4.69, 9.17) is 15.2 Å². The van der Waals surface area contributed by atoms with Gasteiger partial charge in [0.2, 0.25) is 17.7 Å². The van der Waals surface area contributed by atoms with Crippen molar-refractivity contribution in [3.05, 3.63) is 41.3 Å². The summed E-state index contributed by atoms with van der Waals surface area (Å²) < 4.78 is 16.0. The van der Waals surface area contributed by atoms with Crippen molar-refractivity contribution < 1.29 is 14.3 Å². The lowest BCUT2D eigenvalue weighted by atomic mass is 10.1. The Morgan fingerprint density at radius 1 is 1.32 bits per heavy atom. The number of benzene rings is 1. The van der Waals surface area contributed by atoms with Crippen LogP contribution >= 0.6 is 0 Å². The van der Waals surface area contributed by atoms with Gasteiger partial charge < -0.3 is 15.2 Å². The topological polar surface area (TPSA) is 129 Å². The van der Waals surface area contributed by atoms with Gasteiger partial charge in [-0.25, -0.2) is 4.68 Å². The van der Waals surface area contributed by atoms with Crippen molar-refractivity contribution >= 4 is 29.0 Å². The van der Waals surface area contributed by atoms with Gasteiger partial charge in [0.25, 0.3) is 0 Å². The quantitative estimate of drug-likeness (QED) is 0.415. The third kappa shape index (κ3) is 5.01. The van der Waals surface area contributed by atoms with Crippen LogP contribution in [0.1, 0.15) is 44.6 Å². The normalized spacial score (nSPS) is 17.1. The molecule has 4 aromatic rings. The molecule has 0 aliphatic carbocycles. The molecule has 1 aliphatic heterocycles. The maximum Gasteiger partial charge on any atom is 0.240 e. The van der Waals surface area contributed by atoms with E-state index >= 15 is 0 Å². The number of hydrogen-bond donors (Lipinski definition) is 2. The molecular formula is C27H34N8O3. The molecule has 1 aromatic carbocycles. The van der Waals surface area contributed by atoms with Crippen molar-refractivity contribution in [1.29, 1.82) is 0 Å². The molecule has 0 saturated heterocycles. The number of amides is 1. The summed E-state index contributed by atoms with van der Waals surface area (Å²) in [6.45, 7) is 9.93. The summed E-state index contributed by atoms with van der Waals surface area (Å²) >= 11 is 0. The fraction of sp³-hybridized carbons (Fsp3) is 0.407. The lowest BCUT2D eigenvalue weighted by Crippen LogP contribution is -2.35. The number of aromatic amines is 1. The van der Waals surface area contributed by atoms with E-state index < -0.39 is 5.91 Å². The number of primary amides is 1. The minimum atomic E-state index is -0.471. The van der Waals surface area contributed by atoms with E-state index in [1.807, 2.05) is 58.3 Å². The number of carbonyl (C=O) groups is 1. The van der Waals surface area contributed by atoms with E-state index in [9.17, 15) is 4.79 Å². The minimum Gasteiger partial charge on any atom is -0.473 e. The van der Waals surface area contributed by atoms with Crippen molar-refractivity contribution in [2.45, 2.75) is 53.0 Å². The van der Waals surface area contributed by atoms with E-state index in [2.05, 4.69) is 38.3 Å². The summed E-state index contributed by atoms with van der Waals surface area (Å²) in [5.41, 5.74) is 10.8. The summed E-state index contributed by atoms with van der Waals surface area (Å²) in [7, 11) is 1.88. The van der Waals surface area contributed by atoms with Gasteiger partial charge in [0.1, 0.15) is 12.6 Å². The lowest BCUT2D eigenvalue weighted by molar-refractivity contribution is -0.118. The van der Waals surface area contributed by atoms with Crippen LogP contribution in [0.2, 0.25) is 0 Å². The van der Waals surface area contributed by atoms with Gasteiger partial charge in [-0.1, -0.05) is 13.0 Å². The van der Waals surface area contributed by atoms with E-state index in [-0.39, 0.29) is 18.8 Å². The van der Waals surface area contributed by atoms with Crippen molar-refractivity contribution in [3.63, 3.8) is 0 Å². The second kappa shape index (κ2) is 10.3. The Hall–Kier alpha value is -4.12. The molecule has 11 nitrogen and oxygen atoms in total. The van der Waals surface area contributed by atoms with Crippen LogP contribution in [0.15, 0.2) is 24.4 Å². The van der Waals surface area contributed by atoms with Crippen molar-refractivity contribution in [2.75, 3.05) is 13.1 Å². The predicted octanol–water partition coefficient (Wildman–Crippen LogP) is 3.21. The first kappa shape index (κ1) is 25.5. The molecule has 0 fully saturated rings. The highest BCUT2D eigenvalue weighted by atomic mass is 16.5. The fourth-order valence-corrected chi connectivity index (χ4v) is 4.77. The number of fused-ring (bicyclic) bond motifs is 4. The van der Waals surface area contributed by atoms with E-state index in [0.717, 1.165) is 45.5 Å². The molecule has 5 rings (SSSR count). The number of aryl methyl sites for hydroxylation is 1. The van der Waals surface area contributed by atoms with Crippen molar-refractivity contribution in [3.8, 4) is 22.9 Å². The number of carbonyl (C=O) groups excluding carboxylic acids is 1. The number of likely N-dealkylation sites (N-methyl/N-ethyl adjacent to an activating group) is 1. The number of nitrogens with two attached hydrogens (primary N) is 1. The lowest BCUT2D eigenvalue weighted by Gasteiger charge is -2.25. The molecule has 3 aromatic heterocycles. The Kier molecular flexibility index (Phi) is 6.94. The Morgan fingerprint density at radius 2 is 2.13 bits per heavy atom. The molecule has 200 valence electrons. The summed E-state index contributed by atoms with van der Waals surface area (Å²) in [5, 5.41) is 17.7. The van der Waals surface area contributed by atoms with Crippen LogP contribution in [-0.4, -0.2) is 65.9 Å². The van der Waals surface area contributed by atoms with Crippen LogP contribution in [0.5, 0.6) is 11.8 Å². The van der Waals surface area contributed by atoms with Crippen LogP contribution in [0.3, 0.4) is 0 Å². The first-order valence-electron chi connectivity index (χ1n) is 12.9. The first-order valence-corrected chi connectivity index (χ1v) is 12.9. The number of nitrogens with zero attached hydrogens (tertiary/aromatic N) is 6. The van der Waals surface area contributed by atoms with Gasteiger partial charge in [-0.15, -0.1) is 5.10 Å². The third-order valence-electron chi connectivity index (χ3n) is 6.56. The zero-order valence-electron chi connectivity index (χ0n) is 22.4. The van der Waals surface area contributed by atoms with Crippen LogP contribution < -0.4 is 15.2 Å². The van der Waals surface area contributed by atoms with Crippen LogP contribution in [0, 0.1) is 0 Å². The maximum atomic E-state index is 11.9. The molecule has 38 heavy (non-hydrogen) atoms. The number of rotatable bonds is 5. The second-order valence-corrected chi connectivity index (χ2v) is 9.90. The number of hydrogen-bond acceptors (Lipinski definition) is 7. The largest absolute Gasteiger partial charge is 0.473 e. The van der Waals surface area contributed by atoms with E-state index in [1.54, 1.807) is 9.36 Å². The van der Waals surface area contributed by atoms with Gasteiger partial charge in [-0.2, -0.15) is 10.2 Å². The molecule has 2 bridgehead atoms. The van der Waals surface area contributed by atoms with Gasteiger partial charge in [-0.3, -0.25) is 19.5 Å². The fourth-order valence-electron chi connectivity index (χ4n) is 4.77. The zero-order valence-corrected chi connectivity index (χ0v) is 22.4. The van der Waals surface area contributed by atoms with Crippen molar-refractivity contribution in [1.82, 2.24) is 34.7 Å². The number of nitrogens with one attached hydrogen (secondary N) is 1. The monoisotopic (exact) mass is 518 g/mol. The number of H-pyrrole nitrogens is 1. The molecule has 4 heterocycles. The highest BCUT2D eigenvalue weighted by Gasteiger charge is 2.24. The molecule has 1 aliphatic rings. The SMILES string of the molecule is CCN1Cc2c(c(OC(C)C)nn2CC(N)=O)/C=C/c2[nH]nc3ccc(cc23)-c2cnn(C)c2O[C@@H](C)C1. The summed E-state index contributed by atoms with van der Waals surface area (Å²) in [6.07, 6.45) is 5.54. The smallest absolute Gasteiger partial charge is 0.240 e. The highest BCUT2D eigenvalue weighted by molar-refractivity contribution is 5.93. The molecule has 1 amide bonds. The predicted molar refractivity (Wildman–Crippen MR) is 145 cm³/mol. The molecule has 0 saturated carbocycles. The molecule has 1 atom stereocenters. The maximum absolute atomic E-state index is 11.9. The molecule has 0 radical (unpaired) electrons. The molecule has 0 unspecified atom stereocenters. The van der Waals surface area contributed by atoms with Gasteiger partial charge in [0, 0.05) is 25.5 Å². The summed E-state index contributed by atoms with van der Waals surface area (Å²) in [4.78, 5) is 14.2. The van der Waals surface area contributed by atoms with Gasteiger partial charge in [0.15, 0.2) is 0 Å². The number of aromatic nitrogens is 6. The van der Waals surface area contributed by atoms with E-state index in [1.165, 1.54) is 0 Å². The standard InChI is InChI=1S/C27H34N8O3/c1-6-34-13-17(4)38-27-21(12-29-33(27)5)18-7-9-22-20(11-18)23(31-30-22)10-8-19-24(14-34)35(15-25(28)36)32-26(19)37-16(2)3/h7-12,16-17H,6,13-15H2,1-5H3,(H2,28,36)(H,30,31)/b10-8+/t17-/m0/s1. The Morgan fingerprint density at radius 3 is 2.87 bits per heavy atom. The van der Waals surface area contributed by atoms with Gasteiger partial charge in [0.05, 0.1) is 40.3 Å². The molecule has 3 N–H and O–H groups in total. The average molecular weight is 519 g/mol. The highest BCUT2D eigenvalue weighted by Crippen LogP contribution is 2.34. The van der Waals surface area contributed by atoms with Crippen LogP contribution in [0.4, 0.5) is 0 Å². The minimum absolute atomic E-state index is 0.0457. The van der Waals surface area contributed by atoms with Gasteiger partial charge >= 0.3 is 0 Å². The van der Waals surface area contributed by atoms with Crippen LogP contribution in [0.25, 0.3) is 34.2 Å².